The predicted molar refractivity (Wildman–Crippen MR) is 148 cm³/mol. The second kappa shape index (κ2) is 23.4. The summed E-state index contributed by atoms with van der Waals surface area (Å²) in [7, 11) is 1.15. The van der Waals surface area contributed by atoms with Gasteiger partial charge >= 0.3 is 5.97 Å². The number of ether oxygens (including phenoxy) is 2. The molecule has 0 spiro atoms. The van der Waals surface area contributed by atoms with Crippen LogP contribution in [0, 0.1) is 0 Å². The van der Waals surface area contributed by atoms with Crippen LogP contribution < -0.4 is 4.89 Å². The van der Waals surface area contributed by atoms with Crippen LogP contribution in [0.5, 0.6) is 0 Å². The van der Waals surface area contributed by atoms with Gasteiger partial charge in [0.15, 0.2) is 0 Å². The number of esters is 1. The maximum Gasteiger partial charge on any atom is 0.303 e. The zero-order valence-corrected chi connectivity index (χ0v) is 25.3. The summed E-state index contributed by atoms with van der Waals surface area (Å²) in [5, 5.41) is 0. The topological polar surface area (TPSA) is 94.1 Å². The highest BCUT2D eigenvalue weighted by atomic mass is 31.2. The summed E-state index contributed by atoms with van der Waals surface area (Å²) in [6.07, 6.45) is 16.5. The van der Waals surface area contributed by atoms with Crippen molar-refractivity contribution >= 4 is 13.8 Å². The number of likely N-dealkylation sites (N-methyl/N-ethyl adjacent to an activating group) is 1. The second-order valence-corrected chi connectivity index (χ2v) is 12.3. The molecule has 0 bridgehead atoms. The van der Waals surface area contributed by atoms with Gasteiger partial charge in [0, 0.05) is 14.9 Å². The van der Waals surface area contributed by atoms with Gasteiger partial charge < -0.3 is 27.9 Å². The smallest absolute Gasteiger partial charge is 0.303 e. The van der Waals surface area contributed by atoms with E-state index in [9.17, 15) is 14.3 Å². The molecule has 4 atom stereocenters. The van der Waals surface area contributed by atoms with E-state index in [4.69, 9.17) is 21.3 Å². The normalized spacial score (nSPS) is 16.9. The van der Waals surface area contributed by atoms with Crippen LogP contribution in [0.4, 0.5) is 0 Å². The van der Waals surface area contributed by atoms with E-state index in [0.29, 0.717) is 17.4 Å². The summed E-state index contributed by atoms with van der Waals surface area (Å²) in [6, 6.07) is 0. The Hall–Kier alpha value is -0.500. The van der Waals surface area contributed by atoms with Gasteiger partial charge in [0.1, 0.15) is 19.3 Å². The number of phosphoric acid groups is 1. The van der Waals surface area contributed by atoms with Crippen molar-refractivity contribution in [3.05, 3.63) is 0 Å². The Morgan fingerprint density at radius 3 is 1.78 bits per heavy atom. The molecule has 0 aromatic heterocycles. The van der Waals surface area contributed by atoms with E-state index >= 15 is 0 Å². The number of carbonyl (C=O) groups excluding carboxylic acids is 1. The van der Waals surface area contributed by atoms with Gasteiger partial charge in [0.2, 0.25) is 0 Å². The van der Waals surface area contributed by atoms with Crippen LogP contribution in [-0.2, 0) is 27.9 Å². The van der Waals surface area contributed by atoms with Crippen molar-refractivity contribution in [2.45, 2.75) is 123 Å². The number of quaternary nitrogens is 1. The van der Waals surface area contributed by atoms with Crippen LogP contribution in [-0.4, -0.2) is 70.6 Å². The van der Waals surface area contributed by atoms with E-state index in [1.54, 1.807) is 0 Å². The molecule has 8 nitrogen and oxygen atoms in total. The number of hydrogen-bond acceptors (Lipinski definition) is 7. The molecule has 0 heterocycles. The lowest BCUT2D eigenvalue weighted by Crippen LogP contribution is -2.37. The van der Waals surface area contributed by atoms with Crippen molar-refractivity contribution in [3.8, 4) is 0 Å². The first-order chi connectivity index (χ1) is 18.4. The average molecular weight is 556 g/mol. The van der Waals surface area contributed by atoms with Crippen molar-refractivity contribution in [2.75, 3.05) is 54.1 Å². The maximum atomic E-state index is 12.0. The Balaban J connectivity index is 4.02. The van der Waals surface area contributed by atoms with Crippen molar-refractivity contribution in [1.29, 1.82) is 0 Å². The molecular formula is C28H58NO7P. The van der Waals surface area contributed by atoms with Crippen LogP contribution in [0.15, 0.2) is 0 Å². The third kappa shape index (κ3) is 28.3. The lowest BCUT2D eigenvalue weighted by molar-refractivity contribution is -0.870. The molecule has 0 fully saturated rings. The van der Waals surface area contributed by atoms with E-state index in [1.807, 2.05) is 21.1 Å². The number of hydrogen-bond donors (Lipinski definition) is 0. The summed E-state index contributed by atoms with van der Waals surface area (Å²) in [4.78, 5) is 23.4. The first-order valence-electron chi connectivity index (χ1n) is 15.6. The Labute approximate surface area is 230 Å². The molecule has 0 aliphatic carbocycles. The fraction of sp³-hybridized carbons (Fsp3) is 0.964. The van der Waals surface area contributed by atoms with Gasteiger partial charge in [-0.1, -0.05) is 103 Å². The molecule has 0 aromatic carbocycles. The summed E-state index contributed by atoms with van der Waals surface area (Å²) in [6.45, 7) is 2.05. The predicted octanol–water partition coefficient (Wildman–Crippen LogP) is 6.40. The number of rotatable bonds is 27. The summed E-state index contributed by atoms with van der Waals surface area (Å²) in [5.74, 6) is -0.620. The molecular weight excluding hydrogens is 493 g/mol. The number of unbranched alkanes of at least 4 members (excludes halogenated alkanes) is 13. The number of nitrogens with zero attached hydrogens (tertiary/aromatic N) is 1. The number of phosphoric ester groups is 1. The van der Waals surface area contributed by atoms with Gasteiger partial charge in [-0.15, -0.1) is 0 Å². The summed E-state index contributed by atoms with van der Waals surface area (Å²) < 4.78 is 49.0. The maximum absolute atomic E-state index is 12.0. The molecule has 37 heavy (non-hydrogen) atoms. The van der Waals surface area contributed by atoms with Gasteiger partial charge in [-0.2, -0.15) is 0 Å². The average Bonchev–Trinajstić information content (AvgIpc) is 2.84. The molecule has 0 aromatic rings. The lowest BCUT2D eigenvalue weighted by atomic mass is 10.0. The Kier molecular flexibility index (Phi) is 20.7. The molecule has 0 aliphatic rings. The lowest BCUT2D eigenvalue weighted by Gasteiger charge is -2.28. The minimum Gasteiger partial charge on any atom is -0.756 e. The zero-order valence-electron chi connectivity index (χ0n) is 26.4. The van der Waals surface area contributed by atoms with E-state index < -0.39 is 39.5 Å². The molecule has 0 N–H and O–H groups in total. The van der Waals surface area contributed by atoms with Crippen molar-refractivity contribution in [2.24, 2.45) is 0 Å². The van der Waals surface area contributed by atoms with Crippen LogP contribution in [0.25, 0.3) is 0 Å². The van der Waals surface area contributed by atoms with E-state index in [-0.39, 0.29) is 13.2 Å². The third-order valence-electron chi connectivity index (χ3n) is 5.96. The van der Waals surface area contributed by atoms with Crippen LogP contribution in [0.1, 0.15) is 119 Å². The highest BCUT2D eigenvalue weighted by molar-refractivity contribution is 7.45. The fourth-order valence-electron chi connectivity index (χ4n) is 3.74. The molecule has 0 aliphatic heterocycles. The fourth-order valence-corrected chi connectivity index (χ4v) is 4.47. The van der Waals surface area contributed by atoms with Crippen LogP contribution in [0.2, 0.25) is 0 Å². The zero-order chi connectivity index (χ0) is 29.6. The molecule has 9 heteroatoms. The summed E-state index contributed by atoms with van der Waals surface area (Å²) in [5.41, 5.74) is 0. The largest absolute Gasteiger partial charge is 0.756 e. The van der Waals surface area contributed by atoms with Gasteiger partial charge in [-0.3, -0.25) is 9.36 Å². The third-order valence-corrected chi connectivity index (χ3v) is 6.93. The standard InChI is InChI=1S/C28H58NO7P/c1-6-7-8-9-10-11-12-13-14-15-16-17-18-19-20-21-23-33-25-28(36-27(2)30)26-35-37(31,32)34-24-22-29(3,4)5/h28H,6-26H2,1-5H3/t28-/m1/s1/i21T,23T/t21?,23?,28-. The van der Waals surface area contributed by atoms with Crippen molar-refractivity contribution < 1.29 is 40.0 Å². The highest BCUT2D eigenvalue weighted by Gasteiger charge is 2.19. The van der Waals surface area contributed by atoms with Crippen LogP contribution in [0.3, 0.4) is 0 Å². The molecule has 3 unspecified atom stereocenters. The molecule has 222 valence electrons. The monoisotopic (exact) mass is 555 g/mol. The van der Waals surface area contributed by atoms with Gasteiger partial charge in [-0.25, -0.2) is 0 Å². The van der Waals surface area contributed by atoms with Gasteiger partial charge in [0.25, 0.3) is 7.82 Å². The van der Waals surface area contributed by atoms with Gasteiger partial charge in [-0.05, 0) is 6.40 Å². The molecule has 0 rings (SSSR count). The quantitative estimate of drug-likeness (QED) is 0.0501. The Morgan fingerprint density at radius 1 is 0.838 bits per heavy atom. The first-order valence-corrected chi connectivity index (χ1v) is 15.9. The van der Waals surface area contributed by atoms with Crippen molar-refractivity contribution in [1.82, 2.24) is 0 Å². The van der Waals surface area contributed by atoms with E-state index in [2.05, 4.69) is 6.92 Å². The summed E-state index contributed by atoms with van der Waals surface area (Å²) >= 11 is 0. The van der Waals surface area contributed by atoms with E-state index in [1.165, 1.54) is 77.6 Å². The Morgan fingerprint density at radius 2 is 1.32 bits per heavy atom. The SMILES string of the molecule is [3H]C(CCCCCCCCCCCCCCCC)C([3H])OC[C@H](COP(=O)([O-])OCC[N+](C)(C)C)OC(C)=O. The minimum absolute atomic E-state index is 0.0341. The minimum atomic E-state index is -4.57. The molecule has 0 saturated carbocycles. The second-order valence-electron chi connectivity index (χ2n) is 10.9. The molecule has 0 amide bonds. The Bertz CT molecular complexity index is 652. The van der Waals surface area contributed by atoms with Gasteiger partial charge in [0.05, 0.1) is 35.7 Å². The molecule has 0 radical (unpaired) electrons. The molecule has 0 saturated heterocycles. The first kappa shape index (κ1) is 32.7. The van der Waals surface area contributed by atoms with E-state index in [0.717, 1.165) is 19.3 Å². The number of carbonyl (C=O) groups is 1. The highest BCUT2D eigenvalue weighted by Crippen LogP contribution is 2.38. The van der Waals surface area contributed by atoms with Crippen molar-refractivity contribution in [3.63, 3.8) is 0 Å². The van der Waals surface area contributed by atoms with Crippen LogP contribution >= 0.6 is 7.82 Å².